The van der Waals surface area contributed by atoms with Crippen molar-refractivity contribution in [1.82, 2.24) is 0 Å². The van der Waals surface area contributed by atoms with Gasteiger partial charge < -0.3 is 5.73 Å². The predicted octanol–water partition coefficient (Wildman–Crippen LogP) is 2.86. The lowest BCUT2D eigenvalue weighted by molar-refractivity contribution is 0.151. The summed E-state index contributed by atoms with van der Waals surface area (Å²) in [6, 6.07) is 5.05. The molecule has 1 aliphatic carbocycles. The van der Waals surface area contributed by atoms with Gasteiger partial charge in [0.1, 0.15) is 0 Å². The Morgan fingerprint density at radius 3 is 2.67 bits per heavy atom. The molecule has 0 fully saturated rings. The smallest absolute Gasteiger partial charge is 0.263 e. The SMILES string of the molecule is Cl.N[C@@H]1CCc2ccc(C(F)F)cc2C1. The quantitative estimate of drug-likeness (QED) is 0.793. The lowest BCUT2D eigenvalue weighted by atomic mass is 9.88. The van der Waals surface area contributed by atoms with Crippen LogP contribution >= 0.6 is 12.4 Å². The highest BCUT2D eigenvalue weighted by atomic mass is 35.5. The molecule has 0 unspecified atom stereocenters. The van der Waals surface area contributed by atoms with Crippen LogP contribution in [0.2, 0.25) is 0 Å². The molecule has 1 aromatic rings. The van der Waals surface area contributed by atoms with Crippen molar-refractivity contribution in [2.75, 3.05) is 0 Å². The lowest BCUT2D eigenvalue weighted by Gasteiger charge is -2.21. The summed E-state index contributed by atoms with van der Waals surface area (Å²) in [5.41, 5.74) is 8.08. The van der Waals surface area contributed by atoms with E-state index in [4.69, 9.17) is 5.73 Å². The van der Waals surface area contributed by atoms with E-state index in [1.165, 1.54) is 11.6 Å². The van der Waals surface area contributed by atoms with E-state index in [2.05, 4.69) is 0 Å². The van der Waals surface area contributed by atoms with Crippen LogP contribution in [0.25, 0.3) is 0 Å². The molecule has 0 aromatic heterocycles. The molecule has 1 nitrogen and oxygen atoms in total. The first-order valence-corrected chi connectivity index (χ1v) is 4.82. The molecule has 1 atom stereocenters. The third-order valence-corrected chi connectivity index (χ3v) is 2.75. The highest BCUT2D eigenvalue weighted by molar-refractivity contribution is 5.85. The number of alkyl halides is 2. The Balaban J connectivity index is 0.00000112. The zero-order valence-electron chi connectivity index (χ0n) is 8.25. The maximum atomic E-state index is 12.4. The van der Waals surface area contributed by atoms with E-state index >= 15 is 0 Å². The van der Waals surface area contributed by atoms with Gasteiger partial charge in [0.2, 0.25) is 0 Å². The van der Waals surface area contributed by atoms with E-state index in [9.17, 15) is 8.78 Å². The van der Waals surface area contributed by atoms with Gasteiger partial charge in [-0.15, -0.1) is 12.4 Å². The fourth-order valence-corrected chi connectivity index (χ4v) is 1.94. The molecule has 4 heteroatoms. The maximum absolute atomic E-state index is 12.4. The fourth-order valence-electron chi connectivity index (χ4n) is 1.94. The summed E-state index contributed by atoms with van der Waals surface area (Å²) < 4.78 is 24.8. The second kappa shape index (κ2) is 4.90. The number of rotatable bonds is 1. The maximum Gasteiger partial charge on any atom is 0.263 e. The molecule has 0 radical (unpaired) electrons. The topological polar surface area (TPSA) is 26.0 Å². The third-order valence-electron chi connectivity index (χ3n) is 2.75. The molecule has 0 bridgehead atoms. The van der Waals surface area contributed by atoms with Gasteiger partial charge in [-0.3, -0.25) is 0 Å². The van der Waals surface area contributed by atoms with E-state index in [1.54, 1.807) is 6.07 Å². The van der Waals surface area contributed by atoms with E-state index in [0.29, 0.717) is 0 Å². The molecule has 0 spiro atoms. The predicted molar refractivity (Wildman–Crippen MR) is 58.6 cm³/mol. The molecule has 2 N–H and O–H groups in total. The largest absolute Gasteiger partial charge is 0.327 e. The van der Waals surface area contributed by atoms with Gasteiger partial charge in [0.15, 0.2) is 0 Å². The number of fused-ring (bicyclic) bond motifs is 1. The van der Waals surface area contributed by atoms with Crippen LogP contribution < -0.4 is 5.73 Å². The molecule has 0 saturated heterocycles. The first kappa shape index (κ1) is 12.4. The van der Waals surface area contributed by atoms with Gasteiger partial charge in [-0.25, -0.2) is 8.78 Å². The summed E-state index contributed by atoms with van der Waals surface area (Å²) in [6.07, 6.45) is 0.232. The summed E-state index contributed by atoms with van der Waals surface area (Å²) in [6.45, 7) is 0. The van der Waals surface area contributed by atoms with Crippen LogP contribution in [-0.4, -0.2) is 6.04 Å². The first-order valence-electron chi connectivity index (χ1n) is 4.82. The van der Waals surface area contributed by atoms with E-state index < -0.39 is 6.43 Å². The van der Waals surface area contributed by atoms with Gasteiger partial charge >= 0.3 is 0 Å². The van der Waals surface area contributed by atoms with Crippen LogP contribution in [0.5, 0.6) is 0 Å². The minimum atomic E-state index is -2.38. The van der Waals surface area contributed by atoms with E-state index in [-0.39, 0.29) is 24.0 Å². The molecule has 84 valence electrons. The van der Waals surface area contributed by atoms with Crippen molar-refractivity contribution < 1.29 is 8.78 Å². The molecule has 0 amide bonds. The Morgan fingerprint density at radius 2 is 2.00 bits per heavy atom. The molecule has 0 aliphatic heterocycles. The summed E-state index contributed by atoms with van der Waals surface area (Å²) in [5.74, 6) is 0. The molecular weight excluding hydrogens is 220 g/mol. The second-order valence-corrected chi connectivity index (χ2v) is 3.83. The van der Waals surface area contributed by atoms with Crippen LogP contribution in [0.1, 0.15) is 29.5 Å². The zero-order valence-corrected chi connectivity index (χ0v) is 9.07. The molecule has 0 saturated carbocycles. The summed E-state index contributed by atoms with van der Waals surface area (Å²) in [7, 11) is 0. The van der Waals surface area contributed by atoms with Gasteiger partial charge in [-0.2, -0.15) is 0 Å². The van der Waals surface area contributed by atoms with Crippen molar-refractivity contribution in [3.63, 3.8) is 0 Å². The van der Waals surface area contributed by atoms with Gasteiger partial charge in [0.05, 0.1) is 0 Å². The van der Waals surface area contributed by atoms with Crippen LogP contribution in [0.4, 0.5) is 8.78 Å². The Bertz CT molecular complexity index is 341. The minimum Gasteiger partial charge on any atom is -0.327 e. The molecule has 0 heterocycles. The first-order chi connectivity index (χ1) is 6.66. The zero-order chi connectivity index (χ0) is 10.1. The number of halogens is 3. The Kier molecular flexibility index (Phi) is 4.05. The Labute approximate surface area is 94.1 Å². The van der Waals surface area contributed by atoms with Crippen LogP contribution in [0, 0.1) is 0 Å². The second-order valence-electron chi connectivity index (χ2n) is 3.83. The van der Waals surface area contributed by atoms with Crippen LogP contribution in [0.15, 0.2) is 18.2 Å². The Morgan fingerprint density at radius 1 is 1.27 bits per heavy atom. The van der Waals surface area contributed by atoms with Gasteiger partial charge in [0.25, 0.3) is 6.43 Å². The highest BCUT2D eigenvalue weighted by Crippen LogP contribution is 2.26. The molecule has 1 aliphatic rings. The van der Waals surface area contributed by atoms with Crippen LogP contribution in [0.3, 0.4) is 0 Å². The Hall–Kier alpha value is -0.670. The summed E-state index contributed by atoms with van der Waals surface area (Å²) in [4.78, 5) is 0. The standard InChI is InChI=1S/C11H13F2N.ClH/c12-11(13)8-2-1-7-3-4-10(14)6-9(7)5-8;/h1-2,5,10-11H,3-4,6,14H2;1H/t10-;/m1./s1. The lowest BCUT2D eigenvalue weighted by Crippen LogP contribution is -2.27. The number of nitrogens with two attached hydrogens (primary N) is 1. The number of aryl methyl sites for hydroxylation is 1. The number of benzene rings is 1. The van der Waals surface area contributed by atoms with E-state index in [1.807, 2.05) is 6.07 Å². The van der Waals surface area contributed by atoms with Crippen molar-refractivity contribution in [2.45, 2.75) is 31.7 Å². The minimum absolute atomic E-state index is 0. The fraction of sp³-hybridized carbons (Fsp3) is 0.455. The molecule has 1 aromatic carbocycles. The monoisotopic (exact) mass is 233 g/mol. The normalized spacial score (nSPS) is 19.6. The van der Waals surface area contributed by atoms with Crippen molar-refractivity contribution in [3.05, 3.63) is 34.9 Å². The van der Waals surface area contributed by atoms with Crippen LogP contribution in [-0.2, 0) is 12.8 Å². The molecule has 15 heavy (non-hydrogen) atoms. The van der Waals surface area contributed by atoms with Gasteiger partial charge in [-0.05, 0) is 36.5 Å². The number of hydrogen-bond donors (Lipinski definition) is 1. The van der Waals surface area contributed by atoms with Crippen molar-refractivity contribution in [3.8, 4) is 0 Å². The number of hydrogen-bond acceptors (Lipinski definition) is 1. The molecule has 2 rings (SSSR count). The third kappa shape index (κ3) is 2.67. The average molecular weight is 234 g/mol. The summed E-state index contributed by atoms with van der Waals surface area (Å²) >= 11 is 0. The molecular formula is C11H14ClF2N. The van der Waals surface area contributed by atoms with E-state index in [0.717, 1.165) is 24.8 Å². The van der Waals surface area contributed by atoms with Gasteiger partial charge in [0, 0.05) is 11.6 Å². The van der Waals surface area contributed by atoms with Crippen molar-refractivity contribution in [2.24, 2.45) is 5.73 Å². The van der Waals surface area contributed by atoms with Crippen molar-refractivity contribution >= 4 is 12.4 Å². The van der Waals surface area contributed by atoms with Gasteiger partial charge in [-0.1, -0.05) is 12.1 Å². The average Bonchev–Trinajstić information content (AvgIpc) is 2.16. The highest BCUT2D eigenvalue weighted by Gasteiger charge is 2.17. The van der Waals surface area contributed by atoms with Crippen molar-refractivity contribution in [1.29, 1.82) is 0 Å². The summed E-state index contributed by atoms with van der Waals surface area (Å²) in [5, 5.41) is 0.